The Morgan fingerprint density at radius 2 is 1.79 bits per heavy atom. The third kappa shape index (κ3) is 4.11. The quantitative estimate of drug-likeness (QED) is 0.533. The van der Waals surface area contributed by atoms with Gasteiger partial charge in [-0.15, -0.1) is 0 Å². The molecule has 0 spiro atoms. The molecule has 6 heteroatoms. The smallest absolute Gasteiger partial charge is 0.335 e. The van der Waals surface area contributed by atoms with Gasteiger partial charge in [-0.25, -0.2) is 4.79 Å². The highest BCUT2D eigenvalue weighted by atomic mass is 16.5. The molecule has 0 saturated carbocycles. The standard InChI is InChI=1S/C18H20N2O4/c1-11(17(21)14-7-8-16(24-2)15(19)9-14)20-10-12-3-5-13(6-4-12)18(22)23/h3-9,11,20H,10,19H2,1-2H3,(H,22,23). The molecule has 0 fully saturated rings. The van der Waals surface area contributed by atoms with Crippen LogP contribution in [0.1, 0.15) is 33.2 Å². The summed E-state index contributed by atoms with van der Waals surface area (Å²) >= 11 is 0. The van der Waals surface area contributed by atoms with Crippen LogP contribution in [0.3, 0.4) is 0 Å². The fourth-order valence-corrected chi connectivity index (χ4v) is 2.27. The van der Waals surface area contributed by atoms with Gasteiger partial charge in [0, 0.05) is 12.1 Å². The molecule has 0 aromatic heterocycles. The van der Waals surface area contributed by atoms with E-state index in [0.29, 0.717) is 23.5 Å². The maximum atomic E-state index is 12.4. The van der Waals surface area contributed by atoms with Crippen LogP contribution < -0.4 is 15.8 Å². The van der Waals surface area contributed by atoms with Gasteiger partial charge in [-0.2, -0.15) is 0 Å². The molecule has 0 radical (unpaired) electrons. The molecule has 1 atom stereocenters. The number of benzene rings is 2. The molecule has 0 heterocycles. The molecule has 0 saturated heterocycles. The minimum atomic E-state index is -0.963. The van der Waals surface area contributed by atoms with Crippen LogP contribution in [-0.2, 0) is 6.54 Å². The number of anilines is 1. The Morgan fingerprint density at radius 1 is 1.17 bits per heavy atom. The highest BCUT2D eigenvalue weighted by Crippen LogP contribution is 2.22. The summed E-state index contributed by atoms with van der Waals surface area (Å²) in [5, 5.41) is 12.0. The third-order valence-corrected chi connectivity index (χ3v) is 3.72. The van der Waals surface area contributed by atoms with E-state index in [-0.39, 0.29) is 11.3 Å². The summed E-state index contributed by atoms with van der Waals surface area (Å²) in [7, 11) is 1.52. The second kappa shape index (κ2) is 7.61. The van der Waals surface area contributed by atoms with Crippen molar-refractivity contribution >= 4 is 17.4 Å². The summed E-state index contributed by atoms with van der Waals surface area (Å²) in [6.45, 7) is 2.23. The zero-order valence-electron chi connectivity index (χ0n) is 13.6. The van der Waals surface area contributed by atoms with Gasteiger partial charge >= 0.3 is 5.97 Å². The van der Waals surface area contributed by atoms with E-state index in [1.165, 1.54) is 19.2 Å². The van der Waals surface area contributed by atoms with E-state index in [9.17, 15) is 9.59 Å². The zero-order valence-corrected chi connectivity index (χ0v) is 13.6. The van der Waals surface area contributed by atoms with Crippen molar-refractivity contribution in [1.29, 1.82) is 0 Å². The van der Waals surface area contributed by atoms with Gasteiger partial charge < -0.3 is 20.9 Å². The number of aromatic carboxylic acids is 1. The molecule has 2 aromatic rings. The van der Waals surface area contributed by atoms with Gasteiger partial charge in [-0.3, -0.25) is 4.79 Å². The summed E-state index contributed by atoms with van der Waals surface area (Å²) in [5.41, 5.74) is 7.88. The van der Waals surface area contributed by atoms with Crippen molar-refractivity contribution in [1.82, 2.24) is 5.32 Å². The fraction of sp³-hybridized carbons (Fsp3) is 0.222. The van der Waals surface area contributed by atoms with Crippen LogP contribution in [0.2, 0.25) is 0 Å². The highest BCUT2D eigenvalue weighted by Gasteiger charge is 2.16. The summed E-state index contributed by atoms with van der Waals surface area (Å²) in [6, 6.07) is 11.1. The predicted molar refractivity (Wildman–Crippen MR) is 91.4 cm³/mol. The first-order valence-electron chi connectivity index (χ1n) is 7.45. The number of ketones is 1. The second-order valence-corrected chi connectivity index (χ2v) is 5.43. The molecule has 0 aliphatic heterocycles. The Labute approximate surface area is 140 Å². The Morgan fingerprint density at radius 3 is 2.33 bits per heavy atom. The van der Waals surface area contributed by atoms with E-state index in [2.05, 4.69) is 5.32 Å². The Bertz CT molecular complexity index is 741. The summed E-state index contributed by atoms with van der Waals surface area (Å²) in [4.78, 5) is 23.2. The molecule has 2 rings (SSSR count). The highest BCUT2D eigenvalue weighted by molar-refractivity contribution is 6.00. The Balaban J connectivity index is 1.98. The first-order chi connectivity index (χ1) is 11.4. The normalized spacial score (nSPS) is 11.8. The van der Waals surface area contributed by atoms with Crippen molar-refractivity contribution in [2.45, 2.75) is 19.5 Å². The molecule has 6 nitrogen and oxygen atoms in total. The molecule has 0 aliphatic rings. The van der Waals surface area contributed by atoms with Crippen molar-refractivity contribution in [3.8, 4) is 5.75 Å². The lowest BCUT2D eigenvalue weighted by Gasteiger charge is -2.14. The molecular formula is C18H20N2O4. The van der Waals surface area contributed by atoms with Crippen molar-refractivity contribution < 1.29 is 19.4 Å². The largest absolute Gasteiger partial charge is 0.495 e. The van der Waals surface area contributed by atoms with E-state index in [1.807, 2.05) is 0 Å². The van der Waals surface area contributed by atoms with E-state index in [1.54, 1.807) is 37.3 Å². The number of hydrogen-bond acceptors (Lipinski definition) is 5. The van der Waals surface area contributed by atoms with Crippen molar-refractivity contribution in [3.63, 3.8) is 0 Å². The van der Waals surface area contributed by atoms with Gasteiger partial charge in [0.25, 0.3) is 0 Å². The first-order valence-corrected chi connectivity index (χ1v) is 7.45. The van der Waals surface area contributed by atoms with Gasteiger partial charge in [0.2, 0.25) is 0 Å². The lowest BCUT2D eigenvalue weighted by Crippen LogP contribution is -2.33. The summed E-state index contributed by atoms with van der Waals surface area (Å²) in [5.74, 6) is -0.507. The number of hydrogen-bond donors (Lipinski definition) is 3. The maximum absolute atomic E-state index is 12.4. The number of Topliss-reactive ketones (excluding diaryl/α,β-unsaturated/α-hetero) is 1. The van der Waals surface area contributed by atoms with E-state index < -0.39 is 12.0 Å². The number of methoxy groups -OCH3 is 1. The predicted octanol–water partition coefficient (Wildman–Crippen LogP) is 2.34. The third-order valence-electron chi connectivity index (χ3n) is 3.72. The number of carbonyl (C=O) groups is 2. The molecular weight excluding hydrogens is 308 g/mol. The average molecular weight is 328 g/mol. The van der Waals surface area contributed by atoms with Gasteiger partial charge in [-0.1, -0.05) is 12.1 Å². The van der Waals surface area contributed by atoms with Gasteiger partial charge in [0.1, 0.15) is 5.75 Å². The summed E-state index contributed by atoms with van der Waals surface area (Å²) < 4.78 is 5.08. The van der Waals surface area contributed by atoms with Crippen molar-refractivity contribution in [2.24, 2.45) is 0 Å². The van der Waals surface area contributed by atoms with Crippen LogP contribution >= 0.6 is 0 Å². The number of nitrogens with two attached hydrogens (primary N) is 1. The average Bonchev–Trinajstić information content (AvgIpc) is 2.59. The number of ether oxygens (including phenoxy) is 1. The number of carbonyl (C=O) groups excluding carboxylic acids is 1. The van der Waals surface area contributed by atoms with Crippen LogP contribution in [0.5, 0.6) is 5.75 Å². The van der Waals surface area contributed by atoms with E-state index in [4.69, 9.17) is 15.6 Å². The van der Waals surface area contributed by atoms with Gasteiger partial charge in [-0.05, 0) is 42.8 Å². The van der Waals surface area contributed by atoms with Crippen molar-refractivity contribution in [2.75, 3.05) is 12.8 Å². The number of nitrogen functional groups attached to an aromatic ring is 1. The number of rotatable bonds is 7. The fourth-order valence-electron chi connectivity index (χ4n) is 2.27. The monoisotopic (exact) mass is 328 g/mol. The first kappa shape index (κ1) is 17.5. The Hall–Kier alpha value is -2.86. The van der Waals surface area contributed by atoms with E-state index in [0.717, 1.165) is 5.56 Å². The van der Waals surface area contributed by atoms with Crippen LogP contribution in [0.15, 0.2) is 42.5 Å². The number of carboxylic acids is 1. The minimum Gasteiger partial charge on any atom is -0.495 e. The van der Waals surface area contributed by atoms with Crippen molar-refractivity contribution in [3.05, 3.63) is 59.2 Å². The van der Waals surface area contributed by atoms with Crippen LogP contribution in [0.25, 0.3) is 0 Å². The molecule has 0 aliphatic carbocycles. The van der Waals surface area contributed by atoms with Crippen LogP contribution in [0.4, 0.5) is 5.69 Å². The molecule has 4 N–H and O–H groups in total. The molecule has 126 valence electrons. The van der Waals surface area contributed by atoms with Gasteiger partial charge in [0.15, 0.2) is 5.78 Å². The summed E-state index contributed by atoms with van der Waals surface area (Å²) in [6.07, 6.45) is 0. The zero-order chi connectivity index (χ0) is 17.7. The second-order valence-electron chi connectivity index (χ2n) is 5.43. The number of nitrogens with one attached hydrogen (secondary N) is 1. The molecule has 1 unspecified atom stereocenters. The molecule has 0 amide bonds. The Kier molecular flexibility index (Phi) is 5.55. The van der Waals surface area contributed by atoms with E-state index >= 15 is 0 Å². The topological polar surface area (TPSA) is 102 Å². The lowest BCUT2D eigenvalue weighted by atomic mass is 10.0. The van der Waals surface area contributed by atoms with Crippen LogP contribution in [0, 0.1) is 0 Å². The SMILES string of the molecule is COc1ccc(C(=O)C(C)NCc2ccc(C(=O)O)cc2)cc1N. The lowest BCUT2D eigenvalue weighted by molar-refractivity contribution is 0.0696. The number of carboxylic acid groups (broad SMARTS) is 1. The maximum Gasteiger partial charge on any atom is 0.335 e. The van der Waals surface area contributed by atoms with Crippen LogP contribution in [-0.4, -0.2) is 30.0 Å². The molecule has 0 bridgehead atoms. The molecule has 24 heavy (non-hydrogen) atoms. The minimum absolute atomic E-state index is 0.0773. The van der Waals surface area contributed by atoms with Gasteiger partial charge in [0.05, 0.1) is 24.4 Å². The molecule has 2 aromatic carbocycles.